The summed E-state index contributed by atoms with van der Waals surface area (Å²) in [6.07, 6.45) is 4.42. The standard InChI is InChI=1S/C16H24N6/c1-12-10-21(4)19-14(12)11-22-9-5-6-15(22)13-7-8-16(18-17-13)20(2)3/h7-8,10,15H,5-6,9,11H2,1-4H3. The first-order valence-corrected chi connectivity index (χ1v) is 7.78. The van der Waals surface area contributed by atoms with Gasteiger partial charge in [0.15, 0.2) is 5.82 Å². The molecule has 0 aromatic carbocycles. The van der Waals surface area contributed by atoms with Gasteiger partial charge < -0.3 is 4.90 Å². The Kier molecular flexibility index (Phi) is 4.11. The lowest BCUT2D eigenvalue weighted by Crippen LogP contribution is -2.24. The molecule has 2 aromatic heterocycles. The van der Waals surface area contributed by atoms with Crippen molar-refractivity contribution in [2.24, 2.45) is 7.05 Å². The second-order valence-electron chi connectivity index (χ2n) is 6.27. The Labute approximate surface area is 131 Å². The smallest absolute Gasteiger partial charge is 0.150 e. The number of rotatable bonds is 4. The van der Waals surface area contributed by atoms with Gasteiger partial charge in [-0.05, 0) is 44.0 Å². The first-order valence-electron chi connectivity index (χ1n) is 7.78. The normalized spacial score (nSPS) is 18.8. The van der Waals surface area contributed by atoms with Gasteiger partial charge in [0.1, 0.15) is 0 Å². The zero-order valence-electron chi connectivity index (χ0n) is 13.8. The van der Waals surface area contributed by atoms with E-state index in [4.69, 9.17) is 0 Å². The third-order valence-electron chi connectivity index (χ3n) is 4.30. The van der Waals surface area contributed by atoms with Crippen molar-refractivity contribution in [3.8, 4) is 0 Å². The van der Waals surface area contributed by atoms with Crippen molar-refractivity contribution in [3.05, 3.63) is 35.3 Å². The third kappa shape index (κ3) is 2.97. The molecule has 1 atom stereocenters. The van der Waals surface area contributed by atoms with Crippen LogP contribution in [0.2, 0.25) is 0 Å². The number of aryl methyl sites for hydroxylation is 2. The predicted molar refractivity (Wildman–Crippen MR) is 86.7 cm³/mol. The van der Waals surface area contributed by atoms with E-state index in [1.165, 1.54) is 12.0 Å². The minimum atomic E-state index is 0.352. The van der Waals surface area contributed by atoms with Crippen LogP contribution < -0.4 is 4.90 Å². The molecule has 6 heteroatoms. The van der Waals surface area contributed by atoms with Crippen LogP contribution in [0.15, 0.2) is 18.3 Å². The van der Waals surface area contributed by atoms with E-state index in [2.05, 4.69) is 39.4 Å². The summed E-state index contributed by atoms with van der Waals surface area (Å²) >= 11 is 0. The summed E-state index contributed by atoms with van der Waals surface area (Å²) in [6.45, 7) is 4.10. The zero-order valence-corrected chi connectivity index (χ0v) is 13.8. The van der Waals surface area contributed by atoms with Crippen LogP contribution in [0.4, 0.5) is 5.82 Å². The lowest BCUT2D eigenvalue weighted by Gasteiger charge is -2.23. The van der Waals surface area contributed by atoms with Crippen LogP contribution in [-0.4, -0.2) is 45.5 Å². The van der Waals surface area contributed by atoms with E-state index in [0.717, 1.165) is 36.7 Å². The van der Waals surface area contributed by atoms with Crippen molar-refractivity contribution in [2.75, 3.05) is 25.5 Å². The topological polar surface area (TPSA) is 50.1 Å². The van der Waals surface area contributed by atoms with Gasteiger partial charge in [0.2, 0.25) is 0 Å². The predicted octanol–water partition coefficient (Wildman–Crippen LogP) is 1.92. The molecule has 22 heavy (non-hydrogen) atoms. The SMILES string of the molecule is Cc1cn(C)nc1CN1CCCC1c1ccc(N(C)C)nn1. The Hall–Kier alpha value is -1.95. The van der Waals surface area contributed by atoms with Crippen molar-refractivity contribution >= 4 is 5.82 Å². The molecule has 0 amide bonds. The Bertz CT molecular complexity index is 631. The highest BCUT2D eigenvalue weighted by Gasteiger charge is 2.28. The van der Waals surface area contributed by atoms with E-state index in [1.54, 1.807) is 0 Å². The summed E-state index contributed by atoms with van der Waals surface area (Å²) in [7, 11) is 5.94. The van der Waals surface area contributed by atoms with E-state index in [-0.39, 0.29) is 0 Å². The molecule has 0 bridgehead atoms. The van der Waals surface area contributed by atoms with E-state index in [0.29, 0.717) is 6.04 Å². The van der Waals surface area contributed by atoms with Crippen molar-refractivity contribution in [2.45, 2.75) is 32.4 Å². The summed E-state index contributed by atoms with van der Waals surface area (Å²) in [4.78, 5) is 4.44. The van der Waals surface area contributed by atoms with Crippen molar-refractivity contribution in [1.29, 1.82) is 0 Å². The molecule has 0 N–H and O–H groups in total. The lowest BCUT2D eigenvalue weighted by molar-refractivity contribution is 0.239. The van der Waals surface area contributed by atoms with Gasteiger partial charge in [0.25, 0.3) is 0 Å². The van der Waals surface area contributed by atoms with Gasteiger partial charge in [-0.2, -0.15) is 10.2 Å². The third-order valence-corrected chi connectivity index (χ3v) is 4.30. The van der Waals surface area contributed by atoms with Gasteiger partial charge in [0, 0.05) is 33.9 Å². The quantitative estimate of drug-likeness (QED) is 0.863. The fraction of sp³-hybridized carbons (Fsp3) is 0.562. The fourth-order valence-corrected chi connectivity index (χ4v) is 3.10. The Balaban J connectivity index is 1.76. The average molecular weight is 300 g/mol. The van der Waals surface area contributed by atoms with Crippen LogP contribution in [0.1, 0.15) is 35.8 Å². The molecule has 0 aliphatic carbocycles. The second kappa shape index (κ2) is 6.04. The summed E-state index contributed by atoms with van der Waals surface area (Å²) in [5, 5.41) is 13.3. The highest BCUT2D eigenvalue weighted by atomic mass is 15.3. The van der Waals surface area contributed by atoms with E-state index < -0.39 is 0 Å². The molecule has 2 aromatic rings. The highest BCUT2D eigenvalue weighted by molar-refractivity contribution is 5.35. The van der Waals surface area contributed by atoms with Crippen molar-refractivity contribution in [3.63, 3.8) is 0 Å². The van der Waals surface area contributed by atoms with Crippen LogP contribution in [0.3, 0.4) is 0 Å². The molecule has 6 nitrogen and oxygen atoms in total. The van der Waals surface area contributed by atoms with Crippen LogP contribution in [-0.2, 0) is 13.6 Å². The molecule has 118 valence electrons. The summed E-state index contributed by atoms with van der Waals surface area (Å²) in [5.41, 5.74) is 3.48. The molecular formula is C16H24N6. The monoisotopic (exact) mass is 300 g/mol. The minimum absolute atomic E-state index is 0.352. The Morgan fingerprint density at radius 2 is 2.09 bits per heavy atom. The number of likely N-dealkylation sites (tertiary alicyclic amines) is 1. The summed E-state index contributed by atoms with van der Waals surface area (Å²) in [6, 6.07) is 4.51. The number of nitrogens with zero attached hydrogens (tertiary/aromatic N) is 6. The van der Waals surface area contributed by atoms with Crippen LogP contribution in [0.25, 0.3) is 0 Å². The molecule has 3 rings (SSSR count). The Morgan fingerprint density at radius 3 is 2.68 bits per heavy atom. The van der Waals surface area contributed by atoms with Crippen LogP contribution in [0.5, 0.6) is 0 Å². The van der Waals surface area contributed by atoms with Crippen molar-refractivity contribution in [1.82, 2.24) is 24.9 Å². The largest absolute Gasteiger partial charge is 0.361 e. The van der Waals surface area contributed by atoms with Gasteiger partial charge in [-0.3, -0.25) is 9.58 Å². The second-order valence-corrected chi connectivity index (χ2v) is 6.27. The molecule has 1 aliphatic heterocycles. The number of aromatic nitrogens is 4. The first kappa shape index (κ1) is 15.0. The summed E-state index contributed by atoms with van der Waals surface area (Å²) in [5.74, 6) is 0.897. The highest BCUT2D eigenvalue weighted by Crippen LogP contribution is 2.32. The molecule has 3 heterocycles. The first-order chi connectivity index (χ1) is 10.5. The molecule has 0 radical (unpaired) electrons. The van der Waals surface area contributed by atoms with Crippen molar-refractivity contribution < 1.29 is 0 Å². The van der Waals surface area contributed by atoms with E-state index in [1.807, 2.05) is 36.8 Å². The van der Waals surface area contributed by atoms with Gasteiger partial charge >= 0.3 is 0 Å². The van der Waals surface area contributed by atoms with E-state index in [9.17, 15) is 0 Å². The van der Waals surface area contributed by atoms with Gasteiger partial charge in [-0.25, -0.2) is 0 Å². The van der Waals surface area contributed by atoms with Gasteiger partial charge in [-0.15, -0.1) is 5.10 Å². The maximum absolute atomic E-state index is 4.57. The Morgan fingerprint density at radius 1 is 1.27 bits per heavy atom. The summed E-state index contributed by atoms with van der Waals surface area (Å²) < 4.78 is 1.89. The van der Waals surface area contributed by atoms with Gasteiger partial charge in [-0.1, -0.05) is 0 Å². The van der Waals surface area contributed by atoms with E-state index >= 15 is 0 Å². The molecule has 1 fully saturated rings. The number of anilines is 1. The number of hydrogen-bond donors (Lipinski definition) is 0. The van der Waals surface area contributed by atoms with Crippen LogP contribution in [0, 0.1) is 6.92 Å². The molecule has 1 aliphatic rings. The van der Waals surface area contributed by atoms with Gasteiger partial charge in [0.05, 0.1) is 17.4 Å². The lowest BCUT2D eigenvalue weighted by atomic mass is 10.1. The maximum atomic E-state index is 4.57. The minimum Gasteiger partial charge on any atom is -0.361 e. The van der Waals surface area contributed by atoms with Crippen LogP contribution >= 0.6 is 0 Å². The zero-order chi connectivity index (χ0) is 15.7. The molecule has 0 spiro atoms. The average Bonchev–Trinajstić information content (AvgIpc) is 3.06. The number of hydrogen-bond acceptors (Lipinski definition) is 5. The maximum Gasteiger partial charge on any atom is 0.150 e. The molecular weight excluding hydrogens is 276 g/mol. The molecule has 0 saturated carbocycles. The molecule has 1 unspecified atom stereocenters. The molecule has 1 saturated heterocycles. The fourth-order valence-electron chi connectivity index (χ4n) is 3.10.